The van der Waals surface area contributed by atoms with Crippen molar-refractivity contribution in [3.8, 4) is 11.5 Å². The van der Waals surface area contributed by atoms with Gasteiger partial charge in [-0.2, -0.15) is 0 Å². The molecule has 1 heterocycles. The van der Waals surface area contributed by atoms with Gasteiger partial charge in [-0.3, -0.25) is 9.59 Å². The van der Waals surface area contributed by atoms with E-state index < -0.39 is 5.97 Å². The summed E-state index contributed by atoms with van der Waals surface area (Å²) in [6, 6.07) is 18.8. The van der Waals surface area contributed by atoms with Crippen molar-refractivity contribution in [3.63, 3.8) is 0 Å². The summed E-state index contributed by atoms with van der Waals surface area (Å²) in [5.41, 5.74) is 5.54. The first-order chi connectivity index (χ1) is 18.2. The number of hydrogen-bond acceptors (Lipinski definition) is 3. The average molecular weight is 533 g/mol. The molecular weight excluding hydrogens is 500 g/mol. The molecule has 6 nitrogen and oxygen atoms in total. The molecule has 198 valence electrons. The Hall–Kier alpha value is -3.77. The first-order valence-corrected chi connectivity index (χ1v) is 13.2. The molecule has 4 aromatic rings. The third-order valence-corrected chi connectivity index (χ3v) is 7.08. The number of nitrogens with zero attached hydrogens (tertiary/aromatic N) is 1. The maximum absolute atomic E-state index is 13.5. The second-order valence-electron chi connectivity index (χ2n) is 9.65. The van der Waals surface area contributed by atoms with Crippen LogP contribution in [0.4, 0.5) is 0 Å². The highest BCUT2D eigenvalue weighted by molar-refractivity contribution is 6.31. The van der Waals surface area contributed by atoms with E-state index in [9.17, 15) is 9.59 Å². The number of aromatic nitrogens is 1. The van der Waals surface area contributed by atoms with E-state index in [4.69, 9.17) is 21.4 Å². The van der Waals surface area contributed by atoms with Crippen LogP contribution in [0.2, 0.25) is 5.02 Å². The Balaban J connectivity index is 1.52. The van der Waals surface area contributed by atoms with Crippen molar-refractivity contribution in [2.75, 3.05) is 0 Å². The highest BCUT2D eigenvalue weighted by Crippen LogP contribution is 2.31. The molecule has 0 spiro atoms. The second-order valence-corrected chi connectivity index (χ2v) is 10.1. The minimum absolute atomic E-state index is 0.0964. The fourth-order valence-corrected chi connectivity index (χ4v) is 5.04. The quantitative estimate of drug-likeness (QED) is 0.223. The molecule has 2 N–H and O–H groups in total. The van der Waals surface area contributed by atoms with E-state index in [1.165, 1.54) is 0 Å². The number of carboxylic acid groups (broad SMARTS) is 1. The van der Waals surface area contributed by atoms with E-state index >= 15 is 0 Å². The summed E-state index contributed by atoms with van der Waals surface area (Å²) in [6.07, 6.45) is 2.28. The van der Waals surface area contributed by atoms with Crippen LogP contribution in [-0.4, -0.2) is 21.6 Å². The molecule has 1 amide bonds. The zero-order valence-electron chi connectivity index (χ0n) is 22.2. The van der Waals surface area contributed by atoms with Crippen LogP contribution in [0.5, 0.6) is 11.5 Å². The van der Waals surface area contributed by atoms with Crippen LogP contribution in [0.15, 0.2) is 60.7 Å². The van der Waals surface area contributed by atoms with E-state index in [2.05, 4.69) is 12.2 Å². The van der Waals surface area contributed by atoms with Crippen molar-refractivity contribution in [1.29, 1.82) is 0 Å². The molecule has 1 aromatic heterocycles. The summed E-state index contributed by atoms with van der Waals surface area (Å²) in [4.78, 5) is 24.4. The summed E-state index contributed by atoms with van der Waals surface area (Å²) in [5.74, 6) is 0.393. The Labute approximate surface area is 228 Å². The van der Waals surface area contributed by atoms with Crippen LogP contribution < -0.4 is 10.1 Å². The molecule has 0 fully saturated rings. The lowest BCUT2D eigenvalue weighted by atomic mass is 10.0. The number of benzene rings is 3. The molecule has 0 bridgehead atoms. The summed E-state index contributed by atoms with van der Waals surface area (Å²) in [7, 11) is 1.92. The lowest BCUT2D eigenvalue weighted by molar-refractivity contribution is -0.136. The van der Waals surface area contributed by atoms with E-state index in [1.54, 1.807) is 0 Å². The standard InChI is InChI=1S/C31H33ClN2O4/c1-5-7-26-27-18-23(32)12-14-28(27)34(4)30(26)31(37)33-20(3)22-8-6-9-24(17-22)38-25-13-10-21(19(2)16-25)11-15-29(35)36/h6,8-10,12-14,16-18,20H,5,7,11,15H2,1-4H3,(H,33,37)(H,35,36). The minimum Gasteiger partial charge on any atom is -0.481 e. The van der Waals surface area contributed by atoms with Crippen molar-refractivity contribution in [1.82, 2.24) is 9.88 Å². The van der Waals surface area contributed by atoms with E-state index in [-0.39, 0.29) is 18.4 Å². The lowest BCUT2D eigenvalue weighted by Crippen LogP contribution is -2.29. The van der Waals surface area contributed by atoms with Gasteiger partial charge in [0, 0.05) is 29.4 Å². The van der Waals surface area contributed by atoms with Crippen LogP contribution in [0.25, 0.3) is 10.9 Å². The molecule has 0 aliphatic rings. The number of nitrogens with one attached hydrogen (secondary N) is 1. The predicted molar refractivity (Wildman–Crippen MR) is 151 cm³/mol. The number of fused-ring (bicyclic) bond motifs is 1. The first kappa shape index (κ1) is 27.3. The Morgan fingerprint density at radius 2 is 1.82 bits per heavy atom. The highest BCUT2D eigenvalue weighted by Gasteiger charge is 2.22. The summed E-state index contributed by atoms with van der Waals surface area (Å²) >= 11 is 6.27. The van der Waals surface area contributed by atoms with Crippen molar-refractivity contribution in [3.05, 3.63) is 93.6 Å². The van der Waals surface area contributed by atoms with Crippen molar-refractivity contribution < 1.29 is 19.4 Å². The third-order valence-electron chi connectivity index (χ3n) is 6.85. The SMILES string of the molecule is CCCc1c(C(=O)NC(C)c2cccc(Oc3ccc(CCC(=O)O)c(C)c3)c2)n(C)c2ccc(Cl)cc12. The van der Waals surface area contributed by atoms with Crippen molar-refractivity contribution >= 4 is 34.4 Å². The zero-order valence-corrected chi connectivity index (χ0v) is 22.9. The maximum Gasteiger partial charge on any atom is 0.303 e. The molecule has 3 aromatic carbocycles. The minimum atomic E-state index is -0.811. The largest absolute Gasteiger partial charge is 0.481 e. The molecule has 1 unspecified atom stereocenters. The fraction of sp³-hybridized carbons (Fsp3) is 0.290. The Morgan fingerprint density at radius 1 is 1.05 bits per heavy atom. The predicted octanol–water partition coefficient (Wildman–Crippen LogP) is 7.39. The Morgan fingerprint density at radius 3 is 2.53 bits per heavy atom. The number of aryl methyl sites for hydroxylation is 4. The maximum atomic E-state index is 13.5. The molecule has 7 heteroatoms. The molecule has 0 radical (unpaired) electrons. The first-order valence-electron chi connectivity index (χ1n) is 12.8. The molecule has 1 atom stereocenters. The molecule has 0 saturated heterocycles. The molecule has 4 rings (SSSR count). The van der Waals surface area contributed by atoms with Gasteiger partial charge in [0.2, 0.25) is 0 Å². The van der Waals surface area contributed by atoms with Gasteiger partial charge < -0.3 is 19.7 Å². The van der Waals surface area contributed by atoms with Crippen LogP contribution >= 0.6 is 11.6 Å². The van der Waals surface area contributed by atoms with Gasteiger partial charge in [-0.25, -0.2) is 0 Å². The lowest BCUT2D eigenvalue weighted by Gasteiger charge is -2.17. The van der Waals surface area contributed by atoms with Gasteiger partial charge in [0.05, 0.1) is 6.04 Å². The fourth-order valence-electron chi connectivity index (χ4n) is 4.87. The number of carbonyl (C=O) groups excluding carboxylic acids is 1. The topological polar surface area (TPSA) is 80.6 Å². The monoisotopic (exact) mass is 532 g/mol. The van der Waals surface area contributed by atoms with Crippen molar-refractivity contribution in [2.24, 2.45) is 7.05 Å². The van der Waals surface area contributed by atoms with E-state index in [0.29, 0.717) is 28.6 Å². The van der Waals surface area contributed by atoms with Gasteiger partial charge in [0.1, 0.15) is 17.2 Å². The number of ether oxygens (including phenoxy) is 1. The van der Waals surface area contributed by atoms with Gasteiger partial charge in [-0.15, -0.1) is 0 Å². The number of hydrogen-bond donors (Lipinski definition) is 2. The van der Waals surface area contributed by atoms with Gasteiger partial charge in [0.25, 0.3) is 5.91 Å². The molecule has 0 aliphatic heterocycles. The second kappa shape index (κ2) is 11.7. The summed E-state index contributed by atoms with van der Waals surface area (Å²) in [5, 5.41) is 13.8. The van der Waals surface area contributed by atoms with Gasteiger partial charge >= 0.3 is 5.97 Å². The normalized spacial score (nSPS) is 11.9. The number of carboxylic acids is 1. The molecule has 0 saturated carbocycles. The van der Waals surface area contributed by atoms with E-state index in [1.807, 2.05) is 86.1 Å². The van der Waals surface area contributed by atoms with Crippen LogP contribution in [0.1, 0.15) is 65.5 Å². The number of amides is 1. The summed E-state index contributed by atoms with van der Waals surface area (Å²) < 4.78 is 8.04. The average Bonchev–Trinajstić information content (AvgIpc) is 3.14. The van der Waals surface area contributed by atoms with Gasteiger partial charge in [-0.1, -0.05) is 43.1 Å². The number of carbonyl (C=O) groups is 2. The van der Waals surface area contributed by atoms with Crippen LogP contribution in [0.3, 0.4) is 0 Å². The summed E-state index contributed by atoms with van der Waals surface area (Å²) in [6.45, 7) is 6.01. The molecular formula is C31H33ClN2O4. The van der Waals surface area contributed by atoms with Gasteiger partial charge in [0.15, 0.2) is 0 Å². The smallest absolute Gasteiger partial charge is 0.303 e. The number of halogens is 1. The number of rotatable bonds is 10. The van der Waals surface area contributed by atoms with Crippen LogP contribution in [0, 0.1) is 6.92 Å². The van der Waals surface area contributed by atoms with Crippen LogP contribution in [-0.2, 0) is 24.7 Å². The third kappa shape index (κ3) is 6.03. The van der Waals surface area contributed by atoms with Crippen molar-refractivity contribution in [2.45, 2.75) is 52.5 Å². The zero-order chi connectivity index (χ0) is 27.4. The molecule has 0 aliphatic carbocycles. The Bertz CT molecular complexity index is 1490. The Kier molecular flexibility index (Phi) is 8.42. The van der Waals surface area contributed by atoms with Gasteiger partial charge in [-0.05, 0) is 91.4 Å². The highest BCUT2D eigenvalue weighted by atomic mass is 35.5. The van der Waals surface area contributed by atoms with E-state index in [0.717, 1.165) is 46.0 Å². The number of aliphatic carboxylic acids is 1. The molecule has 38 heavy (non-hydrogen) atoms.